The van der Waals surface area contributed by atoms with Crippen LogP contribution in [0.25, 0.3) is 0 Å². The number of alkyl carbamates (subject to hydrolysis) is 2. The van der Waals surface area contributed by atoms with E-state index in [2.05, 4.69) is 23.8 Å². The lowest BCUT2D eigenvalue weighted by molar-refractivity contribution is -0.124. The van der Waals surface area contributed by atoms with Crippen molar-refractivity contribution in [3.8, 4) is 0 Å². The number of nitrogens with one attached hydrogen (secondary N) is 2. The van der Waals surface area contributed by atoms with E-state index in [1.165, 1.54) is 0 Å². The summed E-state index contributed by atoms with van der Waals surface area (Å²) in [6.45, 7) is 12.2. The molecular formula is C21H34N2O8. The summed E-state index contributed by atoms with van der Waals surface area (Å²) >= 11 is 0. The Balaban J connectivity index is 4.13. The largest absolute Gasteiger partial charge is 0.446 e. The molecule has 0 aromatic heterocycles. The number of hydrogen-bond acceptors (Lipinski definition) is 8. The SMILES string of the molecule is C=CC(=O)C(O)COC(=O)NCCC(C)(C)CC(C)CNC(=O)OCC(O)C(=O)C=C. The molecule has 0 radical (unpaired) electrons. The predicted molar refractivity (Wildman–Crippen MR) is 113 cm³/mol. The average Bonchev–Trinajstić information content (AvgIpc) is 2.72. The van der Waals surface area contributed by atoms with Gasteiger partial charge in [-0.25, -0.2) is 9.59 Å². The van der Waals surface area contributed by atoms with Crippen LogP contribution in [0.5, 0.6) is 0 Å². The fourth-order valence-electron chi connectivity index (χ4n) is 2.73. The molecule has 0 heterocycles. The van der Waals surface area contributed by atoms with Gasteiger partial charge in [0.2, 0.25) is 0 Å². The van der Waals surface area contributed by atoms with E-state index in [1.807, 2.05) is 20.8 Å². The molecule has 10 nitrogen and oxygen atoms in total. The minimum Gasteiger partial charge on any atom is -0.446 e. The monoisotopic (exact) mass is 442 g/mol. The lowest BCUT2D eigenvalue weighted by Gasteiger charge is -2.28. The quantitative estimate of drug-likeness (QED) is 0.275. The molecule has 0 rings (SSSR count). The molecular weight excluding hydrogens is 408 g/mol. The third-order valence-corrected chi connectivity index (χ3v) is 4.37. The molecule has 4 N–H and O–H groups in total. The van der Waals surface area contributed by atoms with Crippen LogP contribution in [0.4, 0.5) is 9.59 Å². The number of ether oxygens (including phenoxy) is 2. The summed E-state index contributed by atoms with van der Waals surface area (Å²) in [7, 11) is 0. The first-order valence-electron chi connectivity index (χ1n) is 9.91. The van der Waals surface area contributed by atoms with E-state index in [-0.39, 0.29) is 11.3 Å². The van der Waals surface area contributed by atoms with Crippen LogP contribution >= 0.6 is 0 Å². The number of carbonyl (C=O) groups is 4. The third kappa shape index (κ3) is 13.2. The highest BCUT2D eigenvalue weighted by Gasteiger charge is 2.22. The Bertz CT molecular complexity index is 647. The molecule has 0 fully saturated rings. The van der Waals surface area contributed by atoms with Crippen LogP contribution in [0.15, 0.2) is 25.3 Å². The fraction of sp³-hybridized carbons (Fsp3) is 0.619. The standard InChI is InChI=1S/C21H34N2O8/c1-6-15(24)17(26)12-30-19(28)22-9-8-21(4,5)10-14(3)11-23-20(29)31-13-18(27)16(25)7-2/h6-7,14,17-18,26-27H,1-2,8-13H2,3-5H3,(H,22,28)(H,23,29). The Kier molecular flexibility index (Phi) is 13.1. The lowest BCUT2D eigenvalue weighted by atomic mass is 9.80. The number of hydrogen-bond donors (Lipinski definition) is 4. The van der Waals surface area contributed by atoms with Gasteiger partial charge in [-0.05, 0) is 36.3 Å². The lowest BCUT2D eigenvalue weighted by Crippen LogP contribution is -2.35. The maximum absolute atomic E-state index is 11.7. The van der Waals surface area contributed by atoms with Crippen molar-refractivity contribution in [3.63, 3.8) is 0 Å². The first-order valence-corrected chi connectivity index (χ1v) is 9.91. The number of carbonyl (C=O) groups excluding carboxylic acids is 4. The van der Waals surface area contributed by atoms with E-state index in [1.54, 1.807) is 0 Å². The summed E-state index contributed by atoms with van der Waals surface area (Å²) in [5.74, 6) is -1.15. The van der Waals surface area contributed by atoms with Gasteiger partial charge in [-0.1, -0.05) is 33.9 Å². The van der Waals surface area contributed by atoms with Gasteiger partial charge < -0.3 is 30.3 Å². The van der Waals surface area contributed by atoms with E-state index < -0.39 is 49.2 Å². The highest BCUT2D eigenvalue weighted by atomic mass is 16.6. The molecule has 2 amide bonds. The summed E-state index contributed by atoms with van der Waals surface area (Å²) in [6, 6.07) is 0. The molecule has 0 aliphatic heterocycles. The second-order valence-electron chi connectivity index (χ2n) is 7.97. The van der Waals surface area contributed by atoms with Crippen LogP contribution in [0, 0.1) is 11.3 Å². The van der Waals surface area contributed by atoms with E-state index in [4.69, 9.17) is 9.47 Å². The Labute approximate surface area is 182 Å². The molecule has 0 saturated carbocycles. The van der Waals surface area contributed by atoms with E-state index >= 15 is 0 Å². The molecule has 0 aliphatic carbocycles. The Hall–Kier alpha value is -2.72. The molecule has 3 atom stereocenters. The van der Waals surface area contributed by atoms with Gasteiger partial charge in [0.25, 0.3) is 0 Å². The van der Waals surface area contributed by atoms with Crippen molar-refractivity contribution >= 4 is 23.8 Å². The number of amides is 2. The van der Waals surface area contributed by atoms with Gasteiger partial charge in [0.1, 0.15) is 13.2 Å². The van der Waals surface area contributed by atoms with Crippen LogP contribution in [0.2, 0.25) is 0 Å². The van der Waals surface area contributed by atoms with Crippen molar-refractivity contribution in [2.45, 2.75) is 45.8 Å². The van der Waals surface area contributed by atoms with Crippen LogP contribution < -0.4 is 10.6 Å². The number of rotatable bonds is 15. The highest BCUT2D eigenvalue weighted by molar-refractivity contribution is 5.93. The van der Waals surface area contributed by atoms with Crippen LogP contribution in [0.1, 0.15) is 33.6 Å². The van der Waals surface area contributed by atoms with Crippen molar-refractivity contribution < 1.29 is 38.9 Å². The predicted octanol–water partition coefficient (Wildman–Crippen LogP) is 1.11. The average molecular weight is 443 g/mol. The Morgan fingerprint density at radius 3 is 1.84 bits per heavy atom. The van der Waals surface area contributed by atoms with Crippen LogP contribution in [-0.4, -0.2) is 72.5 Å². The van der Waals surface area contributed by atoms with E-state index in [9.17, 15) is 29.4 Å². The molecule has 0 bridgehead atoms. The van der Waals surface area contributed by atoms with E-state index in [0.717, 1.165) is 18.6 Å². The first-order chi connectivity index (χ1) is 14.4. The zero-order valence-corrected chi connectivity index (χ0v) is 18.4. The molecule has 176 valence electrons. The number of aliphatic hydroxyl groups excluding tert-OH is 2. The minimum absolute atomic E-state index is 0.0919. The zero-order valence-electron chi connectivity index (χ0n) is 18.4. The van der Waals surface area contributed by atoms with Gasteiger partial charge >= 0.3 is 12.2 Å². The molecule has 31 heavy (non-hydrogen) atoms. The van der Waals surface area contributed by atoms with Gasteiger partial charge in [-0.2, -0.15) is 0 Å². The molecule has 0 spiro atoms. The zero-order chi connectivity index (χ0) is 24.0. The molecule has 10 heteroatoms. The Morgan fingerprint density at radius 1 is 0.935 bits per heavy atom. The molecule has 0 saturated heterocycles. The van der Waals surface area contributed by atoms with Crippen LogP contribution in [0.3, 0.4) is 0 Å². The fourth-order valence-corrected chi connectivity index (χ4v) is 2.73. The second-order valence-corrected chi connectivity index (χ2v) is 7.97. The van der Waals surface area contributed by atoms with Crippen molar-refractivity contribution in [2.24, 2.45) is 11.3 Å². The summed E-state index contributed by atoms with van der Waals surface area (Å²) in [5, 5.41) is 24.0. The molecule has 0 aliphatic rings. The summed E-state index contributed by atoms with van der Waals surface area (Å²) in [6.07, 6.45) is -1.05. The molecule has 3 unspecified atom stereocenters. The van der Waals surface area contributed by atoms with Crippen molar-refractivity contribution in [3.05, 3.63) is 25.3 Å². The minimum atomic E-state index is -1.43. The third-order valence-electron chi connectivity index (χ3n) is 4.37. The molecule has 0 aromatic rings. The van der Waals surface area contributed by atoms with Gasteiger partial charge in [0.05, 0.1) is 0 Å². The van der Waals surface area contributed by atoms with E-state index in [0.29, 0.717) is 19.5 Å². The molecule has 0 aromatic carbocycles. The van der Waals surface area contributed by atoms with Gasteiger partial charge in [0, 0.05) is 13.1 Å². The van der Waals surface area contributed by atoms with Gasteiger partial charge in [-0.3, -0.25) is 9.59 Å². The smallest absolute Gasteiger partial charge is 0.407 e. The summed E-state index contributed by atoms with van der Waals surface area (Å²) < 4.78 is 9.56. The van der Waals surface area contributed by atoms with Crippen molar-refractivity contribution in [1.29, 1.82) is 0 Å². The number of aliphatic hydroxyl groups is 2. The second kappa shape index (κ2) is 14.3. The van der Waals surface area contributed by atoms with Gasteiger partial charge in [0.15, 0.2) is 23.8 Å². The van der Waals surface area contributed by atoms with Crippen molar-refractivity contribution in [2.75, 3.05) is 26.3 Å². The summed E-state index contributed by atoms with van der Waals surface area (Å²) in [4.78, 5) is 45.6. The maximum Gasteiger partial charge on any atom is 0.407 e. The topological polar surface area (TPSA) is 151 Å². The maximum atomic E-state index is 11.7. The normalized spacial score (nSPS) is 13.8. The summed E-state index contributed by atoms with van der Waals surface area (Å²) in [5.41, 5.74) is -0.164. The first kappa shape index (κ1) is 28.3. The Morgan fingerprint density at radius 2 is 1.39 bits per heavy atom. The van der Waals surface area contributed by atoms with Gasteiger partial charge in [-0.15, -0.1) is 0 Å². The number of ketones is 2. The van der Waals surface area contributed by atoms with Crippen molar-refractivity contribution in [1.82, 2.24) is 10.6 Å². The highest BCUT2D eigenvalue weighted by Crippen LogP contribution is 2.28. The van der Waals surface area contributed by atoms with Crippen LogP contribution in [-0.2, 0) is 19.1 Å².